The molecule has 0 saturated carbocycles. The quantitative estimate of drug-likeness (QED) is 0.779. The first kappa shape index (κ1) is 17.7. The van der Waals surface area contributed by atoms with Crippen molar-refractivity contribution in [2.45, 2.75) is 24.0 Å². The molecule has 0 unspecified atom stereocenters. The van der Waals surface area contributed by atoms with Gasteiger partial charge in [-0.1, -0.05) is 12.1 Å². The van der Waals surface area contributed by atoms with Crippen LogP contribution < -0.4 is 5.69 Å². The monoisotopic (exact) mass is 376 g/mol. The number of alkyl halides is 3. The second kappa shape index (κ2) is 5.99. The SMILES string of the molecule is Cn1nc2n(c1=O)CCN(S(=O)(=O)c1ccccc1C(F)(F)F)CC2. The molecule has 1 aliphatic heterocycles. The summed E-state index contributed by atoms with van der Waals surface area (Å²) >= 11 is 0. The van der Waals surface area contributed by atoms with E-state index in [0.29, 0.717) is 5.82 Å². The van der Waals surface area contributed by atoms with Crippen LogP contribution in [0.25, 0.3) is 0 Å². The molecule has 0 spiro atoms. The van der Waals surface area contributed by atoms with Gasteiger partial charge >= 0.3 is 11.9 Å². The van der Waals surface area contributed by atoms with Crippen molar-refractivity contribution in [2.24, 2.45) is 7.05 Å². The minimum atomic E-state index is -4.78. The molecule has 0 atom stereocenters. The number of hydrogen-bond donors (Lipinski definition) is 0. The average Bonchev–Trinajstić information content (AvgIpc) is 2.72. The number of nitrogens with zero attached hydrogens (tertiary/aromatic N) is 4. The molecule has 1 aromatic carbocycles. The molecule has 7 nitrogen and oxygen atoms in total. The van der Waals surface area contributed by atoms with Crippen LogP contribution in [-0.4, -0.2) is 40.2 Å². The lowest BCUT2D eigenvalue weighted by molar-refractivity contribution is -0.139. The fourth-order valence-electron chi connectivity index (χ4n) is 2.82. The topological polar surface area (TPSA) is 77.2 Å². The van der Waals surface area contributed by atoms with E-state index < -0.39 is 26.7 Å². The van der Waals surface area contributed by atoms with Crippen molar-refractivity contribution in [2.75, 3.05) is 13.1 Å². The van der Waals surface area contributed by atoms with Gasteiger partial charge in [-0.25, -0.2) is 17.9 Å². The molecule has 0 bridgehead atoms. The van der Waals surface area contributed by atoms with Crippen LogP contribution >= 0.6 is 0 Å². The largest absolute Gasteiger partial charge is 0.417 e. The normalized spacial score (nSPS) is 16.5. The highest BCUT2D eigenvalue weighted by atomic mass is 32.2. The Labute approximate surface area is 141 Å². The van der Waals surface area contributed by atoms with E-state index in [1.165, 1.54) is 17.7 Å². The van der Waals surface area contributed by atoms with E-state index in [1.54, 1.807) is 0 Å². The van der Waals surface area contributed by atoms with Crippen molar-refractivity contribution in [1.29, 1.82) is 0 Å². The van der Waals surface area contributed by atoms with Crippen molar-refractivity contribution >= 4 is 10.0 Å². The fourth-order valence-corrected chi connectivity index (χ4v) is 4.46. The summed E-state index contributed by atoms with van der Waals surface area (Å²) in [6.07, 6.45) is -4.64. The van der Waals surface area contributed by atoms with Gasteiger partial charge in [0.15, 0.2) is 0 Å². The maximum absolute atomic E-state index is 13.1. The van der Waals surface area contributed by atoms with E-state index in [9.17, 15) is 26.4 Å². The first-order valence-electron chi connectivity index (χ1n) is 7.41. The van der Waals surface area contributed by atoms with E-state index >= 15 is 0 Å². The maximum Gasteiger partial charge on any atom is 0.417 e. The number of sulfonamides is 1. The zero-order chi connectivity index (χ0) is 18.4. The van der Waals surface area contributed by atoms with Crippen molar-refractivity contribution < 1.29 is 21.6 Å². The zero-order valence-electron chi connectivity index (χ0n) is 13.2. The standard InChI is InChI=1S/C14H15F3N4O3S/c1-19-13(22)21-9-8-20(7-6-12(21)18-19)25(23,24)11-5-3-2-4-10(11)14(15,16)17/h2-5H,6-9H2,1H3. The fraction of sp³-hybridized carbons (Fsp3) is 0.429. The molecule has 1 aliphatic rings. The Morgan fingerprint density at radius 3 is 2.48 bits per heavy atom. The molecule has 0 amide bonds. The summed E-state index contributed by atoms with van der Waals surface area (Å²) in [4.78, 5) is 11.1. The molecular weight excluding hydrogens is 361 g/mol. The Morgan fingerprint density at radius 2 is 1.80 bits per heavy atom. The van der Waals surface area contributed by atoms with Gasteiger partial charge in [0.25, 0.3) is 0 Å². The Kier molecular flexibility index (Phi) is 4.23. The summed E-state index contributed by atoms with van der Waals surface area (Å²) in [6, 6.07) is 4.08. The van der Waals surface area contributed by atoms with E-state index in [-0.39, 0.29) is 31.7 Å². The minimum Gasteiger partial charge on any atom is -0.278 e. The van der Waals surface area contributed by atoms with Crippen molar-refractivity contribution in [3.05, 3.63) is 46.1 Å². The van der Waals surface area contributed by atoms with Gasteiger partial charge in [-0.15, -0.1) is 0 Å². The molecule has 0 saturated heterocycles. The lowest BCUT2D eigenvalue weighted by Gasteiger charge is -2.22. The van der Waals surface area contributed by atoms with Crippen LogP contribution in [0.15, 0.2) is 34.0 Å². The molecule has 136 valence electrons. The molecule has 1 aromatic heterocycles. The third kappa shape index (κ3) is 3.09. The van der Waals surface area contributed by atoms with Crippen LogP contribution in [-0.2, 0) is 36.2 Å². The number of fused-ring (bicyclic) bond motifs is 1. The van der Waals surface area contributed by atoms with Crippen LogP contribution in [0, 0.1) is 0 Å². The van der Waals surface area contributed by atoms with Gasteiger partial charge in [-0.3, -0.25) is 4.57 Å². The number of hydrogen-bond acceptors (Lipinski definition) is 4. The lowest BCUT2D eigenvalue weighted by Crippen LogP contribution is -2.36. The van der Waals surface area contributed by atoms with Crippen LogP contribution in [0.1, 0.15) is 11.4 Å². The predicted octanol–water partition coefficient (Wildman–Crippen LogP) is 0.848. The van der Waals surface area contributed by atoms with Crippen LogP contribution in [0.5, 0.6) is 0 Å². The van der Waals surface area contributed by atoms with Gasteiger partial charge in [0.05, 0.1) is 10.5 Å². The summed E-state index contributed by atoms with van der Waals surface area (Å²) in [6.45, 7) is -0.118. The highest BCUT2D eigenvalue weighted by Gasteiger charge is 2.39. The van der Waals surface area contributed by atoms with Crippen molar-refractivity contribution in [3.63, 3.8) is 0 Å². The van der Waals surface area contributed by atoms with Crippen molar-refractivity contribution in [3.8, 4) is 0 Å². The van der Waals surface area contributed by atoms with E-state index in [4.69, 9.17) is 0 Å². The Balaban J connectivity index is 1.97. The van der Waals surface area contributed by atoms with Gasteiger partial charge < -0.3 is 0 Å². The van der Waals surface area contributed by atoms with Crippen LogP contribution in [0.2, 0.25) is 0 Å². The summed E-state index contributed by atoms with van der Waals surface area (Å²) < 4.78 is 68.4. The summed E-state index contributed by atoms with van der Waals surface area (Å²) in [5.74, 6) is 0.411. The maximum atomic E-state index is 13.1. The molecule has 2 aromatic rings. The van der Waals surface area contributed by atoms with Gasteiger partial charge in [-0.2, -0.15) is 22.6 Å². The Bertz CT molecular complexity index is 962. The number of rotatable bonds is 2. The molecule has 2 heterocycles. The second-order valence-corrected chi connectivity index (χ2v) is 7.53. The molecule has 0 aliphatic carbocycles. The van der Waals surface area contributed by atoms with Gasteiger partial charge in [0.2, 0.25) is 10.0 Å². The number of aromatic nitrogens is 3. The smallest absolute Gasteiger partial charge is 0.278 e. The van der Waals surface area contributed by atoms with Crippen LogP contribution in [0.4, 0.5) is 13.2 Å². The van der Waals surface area contributed by atoms with Crippen molar-refractivity contribution in [1.82, 2.24) is 18.7 Å². The summed E-state index contributed by atoms with van der Waals surface area (Å²) in [5, 5.41) is 4.02. The molecule has 0 fully saturated rings. The average molecular weight is 376 g/mol. The Morgan fingerprint density at radius 1 is 1.12 bits per heavy atom. The Hall–Kier alpha value is -2.14. The zero-order valence-corrected chi connectivity index (χ0v) is 14.0. The van der Waals surface area contributed by atoms with E-state index in [2.05, 4.69) is 5.10 Å². The molecule has 11 heteroatoms. The number of aryl methyl sites for hydroxylation is 1. The highest BCUT2D eigenvalue weighted by Crippen LogP contribution is 2.35. The first-order chi connectivity index (χ1) is 11.6. The van der Waals surface area contributed by atoms with Gasteiger partial charge in [-0.05, 0) is 12.1 Å². The van der Waals surface area contributed by atoms with E-state index in [1.807, 2.05) is 0 Å². The molecule has 25 heavy (non-hydrogen) atoms. The third-order valence-corrected chi connectivity index (χ3v) is 6.01. The third-order valence-electron chi connectivity index (χ3n) is 4.05. The lowest BCUT2D eigenvalue weighted by atomic mass is 10.2. The molecular formula is C14H15F3N4O3S. The summed E-state index contributed by atoms with van der Waals surface area (Å²) in [5.41, 5.74) is -1.59. The predicted molar refractivity (Wildman–Crippen MR) is 81.4 cm³/mol. The first-order valence-corrected chi connectivity index (χ1v) is 8.85. The van der Waals surface area contributed by atoms with Crippen LogP contribution in [0.3, 0.4) is 0 Å². The van der Waals surface area contributed by atoms with Gasteiger partial charge in [0.1, 0.15) is 5.82 Å². The number of benzene rings is 1. The van der Waals surface area contributed by atoms with Gasteiger partial charge in [0, 0.05) is 33.1 Å². The number of halogens is 3. The van der Waals surface area contributed by atoms with E-state index in [0.717, 1.165) is 27.2 Å². The molecule has 3 rings (SSSR count). The second-order valence-electron chi connectivity index (χ2n) is 5.62. The molecule has 0 N–H and O–H groups in total. The highest BCUT2D eigenvalue weighted by molar-refractivity contribution is 7.89. The minimum absolute atomic E-state index is 0.0371. The summed E-state index contributed by atoms with van der Waals surface area (Å²) in [7, 11) is -2.87. The molecule has 0 radical (unpaired) electrons.